The number of nitrogens with zero attached hydrogens (tertiary/aromatic N) is 1. The molecule has 0 atom stereocenters. The fourth-order valence-corrected chi connectivity index (χ4v) is 4.36. The average molecular weight is 370 g/mol. The predicted octanol–water partition coefficient (Wildman–Crippen LogP) is 7.20. The minimum absolute atomic E-state index is 1.13. The number of nitrogens with one attached hydrogen (secondary N) is 1. The molecule has 0 saturated heterocycles. The molecule has 0 spiro atoms. The SMILES string of the molecule is c1cncc(-c2cccc(-c3cccc4ccc5[nH]c6ccccc6c5c34)c2)c1. The molecule has 0 aliphatic heterocycles. The molecule has 4 aromatic carbocycles. The van der Waals surface area contributed by atoms with Gasteiger partial charge in [0.2, 0.25) is 0 Å². The molecular weight excluding hydrogens is 352 g/mol. The van der Waals surface area contributed by atoms with Gasteiger partial charge in [-0.2, -0.15) is 0 Å². The standard InChI is InChI=1S/C27H18N2/c1-2-12-24-23(10-1)27-25(29-24)14-13-18-6-4-11-22(26(18)27)20-8-3-7-19(16-20)21-9-5-15-28-17-21/h1-17,29H. The topological polar surface area (TPSA) is 28.7 Å². The number of benzene rings is 4. The summed E-state index contributed by atoms with van der Waals surface area (Å²) >= 11 is 0. The summed E-state index contributed by atoms with van der Waals surface area (Å²) in [5.41, 5.74) is 7.13. The molecule has 2 heterocycles. The van der Waals surface area contributed by atoms with Gasteiger partial charge in [0.1, 0.15) is 0 Å². The van der Waals surface area contributed by atoms with Crippen LogP contribution in [-0.4, -0.2) is 9.97 Å². The van der Waals surface area contributed by atoms with Crippen LogP contribution in [0.25, 0.3) is 54.8 Å². The van der Waals surface area contributed by atoms with Gasteiger partial charge in [0.05, 0.1) is 0 Å². The van der Waals surface area contributed by atoms with Crippen molar-refractivity contribution >= 4 is 32.6 Å². The summed E-state index contributed by atoms with van der Waals surface area (Å²) in [6.45, 7) is 0. The van der Waals surface area contributed by atoms with Gasteiger partial charge in [-0.25, -0.2) is 0 Å². The molecule has 0 amide bonds. The van der Waals surface area contributed by atoms with Crippen LogP contribution in [0.1, 0.15) is 0 Å². The fraction of sp³-hybridized carbons (Fsp3) is 0. The lowest BCUT2D eigenvalue weighted by Gasteiger charge is -2.11. The van der Waals surface area contributed by atoms with E-state index in [-0.39, 0.29) is 0 Å². The molecular formula is C27H18N2. The predicted molar refractivity (Wildman–Crippen MR) is 122 cm³/mol. The van der Waals surface area contributed by atoms with Crippen LogP contribution in [0.4, 0.5) is 0 Å². The first-order chi connectivity index (χ1) is 14.4. The number of hydrogen-bond acceptors (Lipinski definition) is 1. The Labute approximate surface area is 168 Å². The highest BCUT2D eigenvalue weighted by Crippen LogP contribution is 2.38. The molecule has 2 nitrogen and oxygen atoms in total. The quantitative estimate of drug-likeness (QED) is 0.343. The van der Waals surface area contributed by atoms with Crippen molar-refractivity contribution < 1.29 is 0 Å². The lowest BCUT2D eigenvalue weighted by molar-refractivity contribution is 1.33. The number of hydrogen-bond donors (Lipinski definition) is 1. The van der Waals surface area contributed by atoms with Crippen molar-refractivity contribution in [3.8, 4) is 22.3 Å². The molecule has 0 aliphatic carbocycles. The lowest BCUT2D eigenvalue weighted by Crippen LogP contribution is -1.85. The van der Waals surface area contributed by atoms with E-state index in [4.69, 9.17) is 0 Å². The number of H-pyrrole nitrogens is 1. The normalized spacial score (nSPS) is 11.4. The summed E-state index contributed by atoms with van der Waals surface area (Å²) in [5.74, 6) is 0. The van der Waals surface area contributed by atoms with Crippen LogP contribution in [0.3, 0.4) is 0 Å². The van der Waals surface area contributed by atoms with E-state index in [2.05, 4.69) is 94.9 Å². The van der Waals surface area contributed by atoms with Crippen molar-refractivity contribution in [2.45, 2.75) is 0 Å². The number of aromatic amines is 1. The molecule has 0 fully saturated rings. The van der Waals surface area contributed by atoms with Crippen molar-refractivity contribution in [1.29, 1.82) is 0 Å². The monoisotopic (exact) mass is 370 g/mol. The van der Waals surface area contributed by atoms with Gasteiger partial charge in [0, 0.05) is 39.8 Å². The second kappa shape index (κ2) is 6.32. The Morgan fingerprint density at radius 3 is 2.38 bits per heavy atom. The van der Waals surface area contributed by atoms with Gasteiger partial charge < -0.3 is 4.98 Å². The van der Waals surface area contributed by atoms with Crippen molar-refractivity contribution in [2.24, 2.45) is 0 Å². The Morgan fingerprint density at radius 2 is 1.45 bits per heavy atom. The first-order valence-electron chi connectivity index (χ1n) is 9.81. The van der Waals surface area contributed by atoms with Crippen LogP contribution >= 0.6 is 0 Å². The van der Waals surface area contributed by atoms with Crippen LogP contribution < -0.4 is 0 Å². The third-order valence-corrected chi connectivity index (χ3v) is 5.68. The zero-order chi connectivity index (χ0) is 19.2. The third-order valence-electron chi connectivity index (χ3n) is 5.68. The van der Waals surface area contributed by atoms with E-state index in [1.54, 1.807) is 0 Å². The summed E-state index contributed by atoms with van der Waals surface area (Å²) in [4.78, 5) is 7.86. The Morgan fingerprint density at radius 1 is 0.586 bits per heavy atom. The summed E-state index contributed by atoms with van der Waals surface area (Å²) in [6, 6.07) is 32.3. The average Bonchev–Trinajstić information content (AvgIpc) is 3.18. The van der Waals surface area contributed by atoms with Gasteiger partial charge >= 0.3 is 0 Å². The van der Waals surface area contributed by atoms with Crippen molar-refractivity contribution in [2.75, 3.05) is 0 Å². The van der Waals surface area contributed by atoms with E-state index in [9.17, 15) is 0 Å². The lowest BCUT2D eigenvalue weighted by atomic mass is 9.93. The summed E-state index contributed by atoms with van der Waals surface area (Å²) in [5, 5.41) is 5.11. The van der Waals surface area contributed by atoms with E-state index < -0.39 is 0 Å². The van der Waals surface area contributed by atoms with Crippen LogP contribution in [0, 0.1) is 0 Å². The highest BCUT2D eigenvalue weighted by molar-refractivity contribution is 6.23. The van der Waals surface area contributed by atoms with Gasteiger partial charge in [-0.15, -0.1) is 0 Å². The molecule has 6 rings (SSSR count). The molecule has 0 unspecified atom stereocenters. The Balaban J connectivity index is 1.69. The molecule has 29 heavy (non-hydrogen) atoms. The molecule has 6 aromatic rings. The molecule has 0 radical (unpaired) electrons. The van der Waals surface area contributed by atoms with Crippen molar-refractivity contribution in [3.05, 3.63) is 103 Å². The van der Waals surface area contributed by atoms with E-state index in [1.807, 2.05) is 18.5 Å². The Hall–Kier alpha value is -3.91. The molecule has 2 heteroatoms. The summed E-state index contributed by atoms with van der Waals surface area (Å²) in [7, 11) is 0. The minimum Gasteiger partial charge on any atom is -0.354 e. The van der Waals surface area contributed by atoms with E-state index in [1.165, 1.54) is 49.3 Å². The fourth-order valence-electron chi connectivity index (χ4n) is 4.36. The number of pyridine rings is 1. The maximum Gasteiger partial charge on any atom is 0.0471 e. The van der Waals surface area contributed by atoms with E-state index >= 15 is 0 Å². The van der Waals surface area contributed by atoms with E-state index in [0.29, 0.717) is 0 Å². The molecule has 1 N–H and O–H groups in total. The first kappa shape index (κ1) is 16.1. The molecule has 0 aliphatic rings. The van der Waals surface area contributed by atoms with Gasteiger partial charge in [-0.1, -0.05) is 66.7 Å². The van der Waals surface area contributed by atoms with Gasteiger partial charge in [0.15, 0.2) is 0 Å². The number of para-hydroxylation sites is 1. The van der Waals surface area contributed by atoms with Crippen molar-refractivity contribution in [1.82, 2.24) is 9.97 Å². The number of fused-ring (bicyclic) bond motifs is 5. The van der Waals surface area contributed by atoms with Crippen LogP contribution in [0.15, 0.2) is 103 Å². The summed E-state index contributed by atoms with van der Waals surface area (Å²) in [6.07, 6.45) is 3.73. The number of aromatic nitrogens is 2. The van der Waals surface area contributed by atoms with Gasteiger partial charge in [-0.3, -0.25) is 4.98 Å². The zero-order valence-corrected chi connectivity index (χ0v) is 15.8. The largest absolute Gasteiger partial charge is 0.354 e. The third kappa shape index (κ3) is 2.54. The molecule has 136 valence electrons. The highest BCUT2D eigenvalue weighted by Gasteiger charge is 2.12. The second-order valence-corrected chi connectivity index (χ2v) is 7.38. The molecule has 0 bridgehead atoms. The van der Waals surface area contributed by atoms with Gasteiger partial charge in [0.25, 0.3) is 0 Å². The smallest absolute Gasteiger partial charge is 0.0471 e. The minimum atomic E-state index is 1.13. The first-order valence-corrected chi connectivity index (χ1v) is 9.81. The van der Waals surface area contributed by atoms with Gasteiger partial charge in [-0.05, 0) is 51.7 Å². The maximum atomic E-state index is 4.28. The second-order valence-electron chi connectivity index (χ2n) is 7.38. The molecule has 2 aromatic heterocycles. The van der Waals surface area contributed by atoms with Crippen LogP contribution in [-0.2, 0) is 0 Å². The highest BCUT2D eigenvalue weighted by atomic mass is 14.7. The van der Waals surface area contributed by atoms with E-state index in [0.717, 1.165) is 5.56 Å². The van der Waals surface area contributed by atoms with Crippen LogP contribution in [0.5, 0.6) is 0 Å². The Kier molecular flexibility index (Phi) is 3.50. The van der Waals surface area contributed by atoms with Crippen LogP contribution in [0.2, 0.25) is 0 Å². The molecule has 0 saturated carbocycles. The van der Waals surface area contributed by atoms with Crippen molar-refractivity contribution in [3.63, 3.8) is 0 Å². The number of rotatable bonds is 2. The Bertz CT molecular complexity index is 1490. The summed E-state index contributed by atoms with van der Waals surface area (Å²) < 4.78 is 0. The maximum absolute atomic E-state index is 4.28. The zero-order valence-electron chi connectivity index (χ0n) is 15.8.